The Bertz CT molecular complexity index is 1000. The molecule has 0 saturated carbocycles. The van der Waals surface area contributed by atoms with E-state index in [2.05, 4.69) is 13.2 Å². The topological polar surface area (TPSA) is 92.9 Å². The zero-order chi connectivity index (χ0) is 23.6. The molecule has 3 amide bonds. The number of hydrogen-bond donors (Lipinski definition) is 1. The van der Waals surface area contributed by atoms with Gasteiger partial charge in [-0.15, -0.1) is 0 Å². The van der Waals surface area contributed by atoms with Gasteiger partial charge in [0.05, 0.1) is 0 Å². The van der Waals surface area contributed by atoms with E-state index in [1.165, 1.54) is 4.90 Å². The highest BCUT2D eigenvalue weighted by Crippen LogP contribution is 2.37. The molecular formula is C25H31N3O4. The van der Waals surface area contributed by atoms with Gasteiger partial charge in [-0.1, -0.05) is 31.4 Å². The van der Waals surface area contributed by atoms with Crippen molar-refractivity contribution < 1.29 is 19.1 Å². The molecule has 32 heavy (non-hydrogen) atoms. The minimum atomic E-state index is -0.641. The van der Waals surface area contributed by atoms with E-state index in [-0.39, 0.29) is 5.91 Å². The molecule has 1 aromatic rings. The smallest absolute Gasteiger partial charge is 0.410 e. The van der Waals surface area contributed by atoms with Gasteiger partial charge >= 0.3 is 6.09 Å². The van der Waals surface area contributed by atoms with Crippen LogP contribution in [0.25, 0.3) is 5.57 Å². The number of primary amides is 1. The van der Waals surface area contributed by atoms with Crippen molar-refractivity contribution in [2.24, 2.45) is 5.73 Å². The summed E-state index contributed by atoms with van der Waals surface area (Å²) in [4.78, 5) is 41.4. The fourth-order valence-corrected chi connectivity index (χ4v) is 4.27. The minimum Gasteiger partial charge on any atom is -0.444 e. The SMILES string of the molecule is C=C/C=C(\C=C)c1cc(C(N)=O)cc2c1CCN2C(=O)C1CCCN1C(=O)OC(C)(C)C. The Morgan fingerprint density at radius 1 is 1.19 bits per heavy atom. The van der Waals surface area contributed by atoms with E-state index < -0.39 is 23.6 Å². The van der Waals surface area contributed by atoms with Gasteiger partial charge in [-0.3, -0.25) is 14.5 Å². The first-order valence-electron chi connectivity index (χ1n) is 10.8. The van der Waals surface area contributed by atoms with Gasteiger partial charge in [-0.25, -0.2) is 4.79 Å². The van der Waals surface area contributed by atoms with Crippen LogP contribution in [-0.2, 0) is 16.0 Å². The van der Waals surface area contributed by atoms with Gasteiger partial charge in [0.2, 0.25) is 11.8 Å². The van der Waals surface area contributed by atoms with Crippen molar-refractivity contribution in [1.82, 2.24) is 4.90 Å². The Morgan fingerprint density at radius 3 is 2.50 bits per heavy atom. The molecular weight excluding hydrogens is 406 g/mol. The van der Waals surface area contributed by atoms with Crippen LogP contribution in [0, 0.1) is 0 Å². The fraction of sp³-hybridized carbons (Fsp3) is 0.400. The molecule has 0 aliphatic carbocycles. The number of benzene rings is 1. The minimum absolute atomic E-state index is 0.174. The number of fused-ring (bicyclic) bond motifs is 1. The maximum Gasteiger partial charge on any atom is 0.410 e. The van der Waals surface area contributed by atoms with Crippen LogP contribution in [0.2, 0.25) is 0 Å². The third-order valence-corrected chi connectivity index (χ3v) is 5.65. The maximum atomic E-state index is 13.6. The summed E-state index contributed by atoms with van der Waals surface area (Å²) in [5.74, 6) is -0.751. The lowest BCUT2D eigenvalue weighted by Gasteiger charge is -2.30. The summed E-state index contributed by atoms with van der Waals surface area (Å²) in [5, 5.41) is 0. The summed E-state index contributed by atoms with van der Waals surface area (Å²) in [7, 11) is 0. The highest BCUT2D eigenvalue weighted by molar-refractivity contribution is 6.04. The van der Waals surface area contributed by atoms with Crippen LogP contribution < -0.4 is 10.6 Å². The third kappa shape index (κ3) is 4.61. The highest BCUT2D eigenvalue weighted by atomic mass is 16.6. The number of amides is 3. The largest absolute Gasteiger partial charge is 0.444 e. The van der Waals surface area contributed by atoms with E-state index in [9.17, 15) is 14.4 Å². The van der Waals surface area contributed by atoms with Crippen molar-refractivity contribution in [3.8, 4) is 0 Å². The van der Waals surface area contributed by atoms with E-state index in [1.54, 1.807) is 56.0 Å². The van der Waals surface area contributed by atoms with Crippen LogP contribution in [0.3, 0.4) is 0 Å². The van der Waals surface area contributed by atoms with E-state index in [4.69, 9.17) is 10.5 Å². The summed E-state index contributed by atoms with van der Waals surface area (Å²) in [6, 6.07) is 2.79. The number of carbonyl (C=O) groups is 3. The number of anilines is 1. The van der Waals surface area contributed by atoms with E-state index in [0.29, 0.717) is 37.2 Å². The number of allylic oxidation sites excluding steroid dienone is 4. The highest BCUT2D eigenvalue weighted by Gasteiger charge is 2.41. The van der Waals surface area contributed by atoms with Gasteiger partial charge in [0.25, 0.3) is 0 Å². The van der Waals surface area contributed by atoms with E-state index >= 15 is 0 Å². The Hall–Kier alpha value is -3.35. The molecule has 2 N–H and O–H groups in total. The van der Waals surface area contributed by atoms with Crippen LogP contribution in [0.5, 0.6) is 0 Å². The monoisotopic (exact) mass is 437 g/mol. The lowest BCUT2D eigenvalue weighted by atomic mass is 9.94. The first-order chi connectivity index (χ1) is 15.1. The van der Waals surface area contributed by atoms with Crippen LogP contribution in [0.4, 0.5) is 10.5 Å². The molecule has 2 aliphatic heterocycles. The number of hydrogen-bond acceptors (Lipinski definition) is 4. The van der Waals surface area contributed by atoms with E-state index in [0.717, 1.165) is 23.1 Å². The molecule has 2 aliphatic rings. The first kappa shape index (κ1) is 23.3. The van der Waals surface area contributed by atoms with Crippen molar-refractivity contribution in [1.29, 1.82) is 0 Å². The fourth-order valence-electron chi connectivity index (χ4n) is 4.27. The second-order valence-electron chi connectivity index (χ2n) is 9.02. The predicted molar refractivity (Wildman–Crippen MR) is 125 cm³/mol. The quantitative estimate of drug-likeness (QED) is 0.709. The van der Waals surface area contributed by atoms with Crippen molar-refractivity contribution in [3.05, 3.63) is 60.2 Å². The molecule has 1 atom stereocenters. The zero-order valence-electron chi connectivity index (χ0n) is 19.0. The van der Waals surface area contributed by atoms with Gasteiger partial charge in [0.1, 0.15) is 11.6 Å². The predicted octanol–water partition coefficient (Wildman–Crippen LogP) is 3.83. The molecule has 1 unspecified atom stereocenters. The molecule has 0 bridgehead atoms. The second-order valence-corrected chi connectivity index (χ2v) is 9.02. The van der Waals surface area contributed by atoms with Crippen molar-refractivity contribution in [3.63, 3.8) is 0 Å². The molecule has 1 aromatic carbocycles. The first-order valence-corrected chi connectivity index (χ1v) is 10.8. The number of ether oxygens (including phenoxy) is 1. The average molecular weight is 438 g/mol. The molecule has 170 valence electrons. The molecule has 0 spiro atoms. The molecule has 1 saturated heterocycles. The molecule has 0 aromatic heterocycles. The van der Waals surface area contributed by atoms with Gasteiger partial charge in [0.15, 0.2) is 0 Å². The number of nitrogens with zero attached hydrogens (tertiary/aromatic N) is 2. The van der Waals surface area contributed by atoms with Crippen LogP contribution in [-0.4, -0.2) is 47.5 Å². The third-order valence-electron chi connectivity index (χ3n) is 5.65. The number of likely N-dealkylation sites (tertiary alicyclic amines) is 1. The molecule has 7 nitrogen and oxygen atoms in total. The average Bonchev–Trinajstić information content (AvgIpc) is 3.36. The Labute approximate surface area is 189 Å². The number of rotatable bonds is 5. The summed E-state index contributed by atoms with van der Waals surface area (Å²) in [6.07, 6.45) is 6.58. The van der Waals surface area contributed by atoms with Crippen LogP contribution in [0.1, 0.15) is 55.1 Å². The van der Waals surface area contributed by atoms with Gasteiger partial charge in [-0.05, 0) is 68.9 Å². The zero-order valence-corrected chi connectivity index (χ0v) is 19.0. The lowest BCUT2D eigenvalue weighted by molar-refractivity contribution is -0.122. The maximum absolute atomic E-state index is 13.6. The number of nitrogens with two attached hydrogens (primary N) is 1. The molecule has 7 heteroatoms. The molecule has 1 fully saturated rings. The van der Waals surface area contributed by atoms with Gasteiger partial charge in [-0.2, -0.15) is 0 Å². The molecule has 3 rings (SSSR count). The standard InChI is InChI=1S/C25H31N3O4/c1-6-9-16(7-2)19-14-17(22(26)29)15-21-18(19)11-13-27(21)23(30)20-10-8-12-28(20)24(31)32-25(3,4)5/h6-7,9,14-15,20H,1-2,8,10-13H2,3-5H3,(H2,26,29)/b16-9+. The summed E-state index contributed by atoms with van der Waals surface area (Å²) < 4.78 is 5.50. The van der Waals surface area contributed by atoms with Crippen LogP contribution >= 0.6 is 0 Å². The van der Waals surface area contributed by atoms with Crippen molar-refractivity contribution in [2.45, 2.75) is 51.7 Å². The van der Waals surface area contributed by atoms with Crippen LogP contribution in [0.15, 0.2) is 43.5 Å². The molecule has 2 heterocycles. The van der Waals surface area contributed by atoms with Gasteiger partial charge in [0, 0.05) is 24.3 Å². The molecule has 0 radical (unpaired) electrons. The van der Waals surface area contributed by atoms with Gasteiger partial charge < -0.3 is 15.4 Å². The van der Waals surface area contributed by atoms with Crippen molar-refractivity contribution in [2.75, 3.05) is 18.0 Å². The van der Waals surface area contributed by atoms with Crippen molar-refractivity contribution >= 4 is 29.2 Å². The summed E-state index contributed by atoms with van der Waals surface area (Å²) >= 11 is 0. The Balaban J connectivity index is 1.98. The Kier molecular flexibility index (Phi) is 6.57. The number of carbonyl (C=O) groups excluding carboxylic acids is 3. The lowest BCUT2D eigenvalue weighted by Crippen LogP contribution is -2.48. The van der Waals surface area contributed by atoms with E-state index in [1.807, 2.05) is 0 Å². The Morgan fingerprint density at radius 2 is 1.91 bits per heavy atom. The summed E-state index contributed by atoms with van der Waals surface area (Å²) in [6.45, 7) is 13.9. The second kappa shape index (κ2) is 9.02. The summed E-state index contributed by atoms with van der Waals surface area (Å²) in [5.41, 5.74) is 8.44. The normalized spacial score (nSPS) is 18.3.